The van der Waals surface area contributed by atoms with Crippen LogP contribution >= 0.6 is 11.6 Å². The topological polar surface area (TPSA) is 47.6 Å². The second-order valence-electron chi connectivity index (χ2n) is 2.76. The fourth-order valence-corrected chi connectivity index (χ4v) is 1.12. The molecule has 0 unspecified atom stereocenters. The number of ether oxygens (including phenoxy) is 1. The lowest BCUT2D eigenvalue weighted by molar-refractivity contribution is 0.323. The SMILES string of the molecule is CCOc1c(F)cccc1N=C(N)CCl. The minimum atomic E-state index is -0.458. The Morgan fingerprint density at radius 1 is 1.60 bits per heavy atom. The molecule has 0 aliphatic carbocycles. The first-order valence-electron chi connectivity index (χ1n) is 4.49. The molecule has 3 nitrogen and oxygen atoms in total. The Morgan fingerprint density at radius 3 is 2.93 bits per heavy atom. The van der Waals surface area contributed by atoms with Crippen molar-refractivity contribution >= 4 is 23.1 Å². The van der Waals surface area contributed by atoms with Gasteiger partial charge in [-0.1, -0.05) is 6.07 Å². The van der Waals surface area contributed by atoms with E-state index in [0.717, 1.165) is 0 Å². The van der Waals surface area contributed by atoms with Crippen molar-refractivity contribution in [3.8, 4) is 5.75 Å². The zero-order valence-corrected chi connectivity index (χ0v) is 9.09. The predicted octanol–water partition coefficient (Wildman–Crippen LogP) is 2.45. The molecule has 0 bridgehead atoms. The highest BCUT2D eigenvalue weighted by atomic mass is 35.5. The quantitative estimate of drug-likeness (QED) is 0.491. The second-order valence-corrected chi connectivity index (χ2v) is 3.03. The van der Waals surface area contributed by atoms with Gasteiger partial charge in [-0.15, -0.1) is 11.6 Å². The molecule has 1 aromatic rings. The monoisotopic (exact) mass is 230 g/mol. The molecule has 2 N–H and O–H groups in total. The van der Waals surface area contributed by atoms with Crippen LogP contribution in [-0.4, -0.2) is 18.3 Å². The summed E-state index contributed by atoms with van der Waals surface area (Å²) < 4.78 is 18.5. The lowest BCUT2D eigenvalue weighted by Crippen LogP contribution is -2.12. The maximum absolute atomic E-state index is 13.3. The molecular weight excluding hydrogens is 219 g/mol. The van der Waals surface area contributed by atoms with Gasteiger partial charge in [-0.3, -0.25) is 0 Å². The summed E-state index contributed by atoms with van der Waals surface area (Å²) in [6.07, 6.45) is 0. The highest BCUT2D eigenvalue weighted by molar-refractivity contribution is 6.28. The number of aliphatic imine (C=N–C) groups is 1. The minimum Gasteiger partial charge on any atom is -0.489 e. The molecule has 0 saturated heterocycles. The van der Waals surface area contributed by atoms with Crippen LogP contribution in [0.3, 0.4) is 0 Å². The Bertz CT molecular complexity index is 368. The first-order valence-corrected chi connectivity index (χ1v) is 5.02. The van der Waals surface area contributed by atoms with Gasteiger partial charge in [0.1, 0.15) is 11.5 Å². The molecule has 0 heterocycles. The molecule has 0 spiro atoms. The van der Waals surface area contributed by atoms with Crippen molar-refractivity contribution in [2.75, 3.05) is 12.5 Å². The normalized spacial score (nSPS) is 11.5. The number of benzene rings is 1. The van der Waals surface area contributed by atoms with Crippen LogP contribution in [0.15, 0.2) is 23.2 Å². The third kappa shape index (κ3) is 3.09. The molecule has 0 atom stereocenters. The lowest BCUT2D eigenvalue weighted by Gasteiger charge is -2.07. The summed E-state index contributed by atoms with van der Waals surface area (Å²) in [5, 5.41) is 0. The number of para-hydroxylation sites is 1. The lowest BCUT2D eigenvalue weighted by atomic mass is 10.3. The fraction of sp³-hybridized carbons (Fsp3) is 0.300. The van der Waals surface area contributed by atoms with Crippen LogP contribution in [0.4, 0.5) is 10.1 Å². The Balaban J connectivity index is 3.11. The van der Waals surface area contributed by atoms with Crippen LogP contribution in [-0.2, 0) is 0 Å². The molecule has 1 aromatic carbocycles. The molecule has 82 valence electrons. The van der Waals surface area contributed by atoms with E-state index in [2.05, 4.69) is 4.99 Å². The molecule has 0 aliphatic heterocycles. The highest BCUT2D eigenvalue weighted by Crippen LogP contribution is 2.30. The Hall–Kier alpha value is -1.29. The summed E-state index contributed by atoms with van der Waals surface area (Å²) >= 11 is 5.48. The van der Waals surface area contributed by atoms with Crippen LogP contribution in [0.25, 0.3) is 0 Å². The first-order chi connectivity index (χ1) is 7.19. The summed E-state index contributed by atoms with van der Waals surface area (Å²) in [6, 6.07) is 4.46. The van der Waals surface area contributed by atoms with Crippen molar-refractivity contribution in [3.05, 3.63) is 24.0 Å². The molecule has 1 rings (SSSR count). The van der Waals surface area contributed by atoms with E-state index >= 15 is 0 Å². The predicted molar refractivity (Wildman–Crippen MR) is 59.6 cm³/mol. The van der Waals surface area contributed by atoms with E-state index in [1.807, 2.05) is 0 Å². The highest BCUT2D eigenvalue weighted by Gasteiger charge is 2.08. The molecule has 5 heteroatoms. The van der Waals surface area contributed by atoms with E-state index in [1.165, 1.54) is 12.1 Å². The van der Waals surface area contributed by atoms with Gasteiger partial charge in [-0.25, -0.2) is 9.38 Å². The van der Waals surface area contributed by atoms with Gasteiger partial charge in [-0.2, -0.15) is 0 Å². The standard InChI is InChI=1S/C10H12ClFN2O/c1-2-15-10-7(12)4-3-5-8(10)14-9(13)6-11/h3-5H,2,6H2,1H3,(H2,13,14). The number of alkyl halides is 1. The van der Waals surface area contributed by atoms with Crippen LogP contribution in [0.1, 0.15) is 6.92 Å². The average molecular weight is 231 g/mol. The molecule has 0 aliphatic rings. The van der Waals surface area contributed by atoms with Crippen molar-refractivity contribution in [3.63, 3.8) is 0 Å². The van der Waals surface area contributed by atoms with Gasteiger partial charge in [0.15, 0.2) is 11.6 Å². The summed E-state index contributed by atoms with van der Waals surface area (Å²) in [7, 11) is 0. The van der Waals surface area contributed by atoms with E-state index in [0.29, 0.717) is 12.3 Å². The van der Waals surface area contributed by atoms with Crippen molar-refractivity contribution in [2.45, 2.75) is 6.92 Å². The number of nitrogens with zero attached hydrogens (tertiary/aromatic N) is 1. The Kier molecular flexibility index (Phi) is 4.37. The van der Waals surface area contributed by atoms with Gasteiger partial charge in [0.05, 0.1) is 12.5 Å². The summed E-state index contributed by atoms with van der Waals surface area (Å²) in [4.78, 5) is 3.95. The summed E-state index contributed by atoms with van der Waals surface area (Å²) in [5.74, 6) is -0.0287. The summed E-state index contributed by atoms with van der Waals surface area (Å²) in [6.45, 7) is 2.13. The van der Waals surface area contributed by atoms with Crippen LogP contribution in [0.2, 0.25) is 0 Å². The Labute approximate surface area is 92.7 Å². The second kappa shape index (κ2) is 5.56. The van der Waals surface area contributed by atoms with E-state index in [4.69, 9.17) is 22.1 Å². The number of hydrogen-bond donors (Lipinski definition) is 1. The van der Waals surface area contributed by atoms with Crippen LogP contribution in [0, 0.1) is 5.82 Å². The van der Waals surface area contributed by atoms with Gasteiger partial charge in [0, 0.05) is 0 Å². The third-order valence-electron chi connectivity index (χ3n) is 1.64. The Morgan fingerprint density at radius 2 is 2.33 bits per heavy atom. The van der Waals surface area contributed by atoms with E-state index in [9.17, 15) is 4.39 Å². The average Bonchev–Trinajstić information content (AvgIpc) is 2.23. The van der Waals surface area contributed by atoms with E-state index in [1.54, 1.807) is 13.0 Å². The van der Waals surface area contributed by atoms with E-state index in [-0.39, 0.29) is 17.5 Å². The first kappa shape index (κ1) is 11.8. The number of halogens is 2. The molecule has 0 amide bonds. The van der Waals surface area contributed by atoms with Gasteiger partial charge in [-0.05, 0) is 19.1 Å². The number of rotatable bonds is 4. The molecule has 0 aromatic heterocycles. The van der Waals surface area contributed by atoms with Crippen LogP contribution in [0.5, 0.6) is 5.75 Å². The molecule has 0 radical (unpaired) electrons. The van der Waals surface area contributed by atoms with E-state index < -0.39 is 5.82 Å². The number of hydrogen-bond acceptors (Lipinski definition) is 2. The number of nitrogens with two attached hydrogens (primary N) is 1. The van der Waals surface area contributed by atoms with Crippen molar-refractivity contribution < 1.29 is 9.13 Å². The molecule has 15 heavy (non-hydrogen) atoms. The van der Waals surface area contributed by atoms with Gasteiger partial charge in [0.2, 0.25) is 0 Å². The van der Waals surface area contributed by atoms with Gasteiger partial charge >= 0.3 is 0 Å². The smallest absolute Gasteiger partial charge is 0.180 e. The largest absolute Gasteiger partial charge is 0.489 e. The van der Waals surface area contributed by atoms with Crippen molar-refractivity contribution in [1.82, 2.24) is 0 Å². The fourth-order valence-electron chi connectivity index (χ4n) is 1.06. The maximum Gasteiger partial charge on any atom is 0.180 e. The number of amidine groups is 1. The van der Waals surface area contributed by atoms with Crippen LogP contribution < -0.4 is 10.5 Å². The van der Waals surface area contributed by atoms with Gasteiger partial charge in [0.25, 0.3) is 0 Å². The molecule has 0 saturated carbocycles. The van der Waals surface area contributed by atoms with Crippen molar-refractivity contribution in [2.24, 2.45) is 10.7 Å². The summed E-state index contributed by atoms with van der Waals surface area (Å²) in [5.41, 5.74) is 5.82. The van der Waals surface area contributed by atoms with Gasteiger partial charge < -0.3 is 10.5 Å². The maximum atomic E-state index is 13.3. The zero-order chi connectivity index (χ0) is 11.3. The van der Waals surface area contributed by atoms with Crippen molar-refractivity contribution in [1.29, 1.82) is 0 Å². The molecular formula is C10H12ClFN2O. The minimum absolute atomic E-state index is 0.0993. The molecule has 0 fully saturated rings. The third-order valence-corrected chi connectivity index (χ3v) is 1.91. The zero-order valence-electron chi connectivity index (χ0n) is 8.34.